The SMILES string of the molecule is COc1ccccc1CN1C(=O)C(=O)/C(=C(/O)c2cc(C(C)(C)C)ccc2OC)C1c1ccc(N(C)C)cc1. The zero-order valence-corrected chi connectivity index (χ0v) is 23.6. The Bertz CT molecular complexity index is 1420. The quantitative estimate of drug-likeness (QED) is 0.241. The maximum absolute atomic E-state index is 13.6. The molecule has 1 unspecified atom stereocenters. The van der Waals surface area contributed by atoms with Crippen LogP contribution in [0.5, 0.6) is 11.5 Å². The standard InChI is InChI=1S/C32H36N2O5/c1-32(2,3)22-14-17-26(39-7)24(18-22)29(35)27-28(20-12-15-23(16-13-20)33(4)5)34(31(37)30(27)36)19-21-10-8-9-11-25(21)38-6/h8-18,28,35H,19H2,1-7H3/b29-27+. The predicted octanol–water partition coefficient (Wildman–Crippen LogP) is 5.69. The van der Waals surface area contributed by atoms with Gasteiger partial charge in [-0.15, -0.1) is 0 Å². The van der Waals surface area contributed by atoms with Crippen molar-refractivity contribution in [3.63, 3.8) is 0 Å². The Kier molecular flexibility index (Phi) is 7.72. The summed E-state index contributed by atoms with van der Waals surface area (Å²) in [5, 5.41) is 11.7. The second-order valence-corrected chi connectivity index (χ2v) is 10.9. The number of nitrogens with zero attached hydrogens (tertiary/aromatic N) is 2. The molecule has 1 heterocycles. The topological polar surface area (TPSA) is 79.3 Å². The summed E-state index contributed by atoms with van der Waals surface area (Å²) in [6, 6.07) is 19.8. The Balaban J connectivity index is 1.94. The van der Waals surface area contributed by atoms with Crippen LogP contribution in [0.1, 0.15) is 49.1 Å². The lowest BCUT2D eigenvalue weighted by Gasteiger charge is -2.27. The molecule has 0 aliphatic carbocycles. The number of amides is 1. The van der Waals surface area contributed by atoms with Gasteiger partial charge >= 0.3 is 0 Å². The van der Waals surface area contributed by atoms with Gasteiger partial charge in [-0.3, -0.25) is 9.59 Å². The third kappa shape index (κ3) is 5.35. The monoisotopic (exact) mass is 528 g/mol. The van der Waals surface area contributed by atoms with Crippen molar-refractivity contribution in [2.75, 3.05) is 33.2 Å². The van der Waals surface area contributed by atoms with E-state index < -0.39 is 17.7 Å². The van der Waals surface area contributed by atoms with E-state index >= 15 is 0 Å². The minimum absolute atomic E-state index is 0.0249. The molecule has 0 saturated carbocycles. The number of carbonyl (C=O) groups excluding carboxylic acids is 2. The van der Waals surface area contributed by atoms with Gasteiger partial charge in [-0.05, 0) is 46.9 Å². The number of likely N-dealkylation sites (tertiary alicyclic amines) is 1. The van der Waals surface area contributed by atoms with Crippen molar-refractivity contribution in [1.29, 1.82) is 0 Å². The molecule has 0 radical (unpaired) electrons. The van der Waals surface area contributed by atoms with Gasteiger partial charge in [0.25, 0.3) is 11.7 Å². The maximum Gasteiger partial charge on any atom is 0.295 e. The van der Waals surface area contributed by atoms with Crippen LogP contribution < -0.4 is 14.4 Å². The van der Waals surface area contributed by atoms with Crippen molar-refractivity contribution < 1.29 is 24.2 Å². The second-order valence-electron chi connectivity index (χ2n) is 10.9. The minimum Gasteiger partial charge on any atom is -0.507 e. The highest BCUT2D eigenvalue weighted by Gasteiger charge is 2.46. The predicted molar refractivity (Wildman–Crippen MR) is 153 cm³/mol. The Morgan fingerprint density at radius 2 is 1.56 bits per heavy atom. The summed E-state index contributed by atoms with van der Waals surface area (Å²) < 4.78 is 11.1. The molecule has 204 valence electrons. The van der Waals surface area contributed by atoms with Crippen molar-refractivity contribution in [1.82, 2.24) is 4.90 Å². The molecule has 3 aromatic carbocycles. The number of hydrogen-bond donors (Lipinski definition) is 1. The highest BCUT2D eigenvalue weighted by atomic mass is 16.5. The first-order valence-corrected chi connectivity index (χ1v) is 12.8. The van der Waals surface area contributed by atoms with Crippen LogP contribution in [0.4, 0.5) is 5.69 Å². The first-order valence-electron chi connectivity index (χ1n) is 12.8. The van der Waals surface area contributed by atoms with E-state index in [9.17, 15) is 14.7 Å². The number of hydrogen-bond acceptors (Lipinski definition) is 6. The van der Waals surface area contributed by atoms with E-state index in [-0.39, 0.29) is 23.3 Å². The summed E-state index contributed by atoms with van der Waals surface area (Å²) in [4.78, 5) is 30.6. The number of aliphatic hydroxyl groups excluding tert-OH is 1. The molecule has 3 aromatic rings. The molecule has 0 aromatic heterocycles. The van der Waals surface area contributed by atoms with Crippen LogP contribution in [0, 0.1) is 0 Å². The maximum atomic E-state index is 13.6. The van der Waals surface area contributed by atoms with Crippen LogP contribution in [-0.4, -0.2) is 50.0 Å². The molecule has 4 rings (SSSR count). The number of ketones is 1. The summed E-state index contributed by atoms with van der Waals surface area (Å²) in [7, 11) is 6.97. The molecule has 39 heavy (non-hydrogen) atoms. The minimum atomic E-state index is -0.811. The fourth-order valence-corrected chi connectivity index (χ4v) is 4.87. The number of carbonyl (C=O) groups is 2. The third-order valence-corrected chi connectivity index (χ3v) is 7.12. The van der Waals surface area contributed by atoms with E-state index in [4.69, 9.17) is 9.47 Å². The lowest BCUT2D eigenvalue weighted by atomic mass is 9.85. The Morgan fingerprint density at radius 1 is 0.923 bits per heavy atom. The summed E-state index contributed by atoms with van der Waals surface area (Å²) in [6.45, 7) is 6.33. The molecule has 1 amide bonds. The molecular formula is C32H36N2O5. The summed E-state index contributed by atoms with van der Waals surface area (Å²) >= 11 is 0. The zero-order valence-electron chi connectivity index (χ0n) is 23.6. The highest BCUT2D eigenvalue weighted by Crippen LogP contribution is 2.43. The van der Waals surface area contributed by atoms with Gasteiger partial charge in [0.15, 0.2) is 0 Å². The number of Topliss-reactive ketones (excluding diaryl/α,β-unsaturated/α-hetero) is 1. The van der Waals surface area contributed by atoms with Gasteiger partial charge in [0.05, 0.1) is 37.9 Å². The van der Waals surface area contributed by atoms with E-state index in [1.807, 2.05) is 79.7 Å². The average molecular weight is 529 g/mol. The molecule has 1 aliphatic rings. The number of anilines is 1. The molecule has 1 atom stereocenters. The molecule has 1 saturated heterocycles. The fraction of sp³-hybridized carbons (Fsp3) is 0.312. The second kappa shape index (κ2) is 10.8. The Morgan fingerprint density at radius 3 is 2.15 bits per heavy atom. The number of aliphatic hydroxyl groups is 1. The third-order valence-electron chi connectivity index (χ3n) is 7.12. The van der Waals surface area contributed by atoms with Gasteiger partial charge in [0.2, 0.25) is 0 Å². The Labute approximate surface area is 230 Å². The zero-order chi connectivity index (χ0) is 28.5. The lowest BCUT2D eigenvalue weighted by Crippen LogP contribution is -2.29. The van der Waals surface area contributed by atoms with Crippen LogP contribution >= 0.6 is 0 Å². The highest BCUT2D eigenvalue weighted by molar-refractivity contribution is 6.46. The van der Waals surface area contributed by atoms with Crippen LogP contribution in [0.2, 0.25) is 0 Å². The van der Waals surface area contributed by atoms with Gasteiger partial charge in [0.1, 0.15) is 17.3 Å². The normalized spacial score (nSPS) is 16.9. The van der Waals surface area contributed by atoms with E-state index in [1.165, 1.54) is 12.0 Å². The van der Waals surface area contributed by atoms with E-state index in [1.54, 1.807) is 13.2 Å². The fourth-order valence-electron chi connectivity index (χ4n) is 4.87. The van der Waals surface area contributed by atoms with Gasteiger partial charge in [-0.2, -0.15) is 0 Å². The molecule has 7 nitrogen and oxygen atoms in total. The summed E-state index contributed by atoms with van der Waals surface area (Å²) in [5.41, 5.74) is 3.58. The van der Waals surface area contributed by atoms with Crippen LogP contribution in [0.3, 0.4) is 0 Å². The Hall–Kier alpha value is -4.26. The lowest BCUT2D eigenvalue weighted by molar-refractivity contribution is -0.140. The number of benzene rings is 3. The molecule has 1 aliphatic heterocycles. The number of rotatable bonds is 7. The summed E-state index contributed by atoms with van der Waals surface area (Å²) in [5.74, 6) is -0.665. The average Bonchev–Trinajstić information content (AvgIpc) is 3.17. The van der Waals surface area contributed by atoms with Gasteiger partial charge in [-0.1, -0.05) is 57.2 Å². The van der Waals surface area contributed by atoms with Crippen LogP contribution in [-0.2, 0) is 21.5 Å². The number of para-hydroxylation sites is 1. The van der Waals surface area contributed by atoms with Crippen molar-refractivity contribution in [2.24, 2.45) is 0 Å². The van der Waals surface area contributed by atoms with E-state index in [0.717, 1.165) is 16.8 Å². The molecular weight excluding hydrogens is 492 g/mol. The van der Waals surface area contributed by atoms with Crippen molar-refractivity contribution in [2.45, 2.75) is 38.8 Å². The van der Waals surface area contributed by atoms with Crippen LogP contribution in [0.15, 0.2) is 72.3 Å². The molecule has 1 N–H and O–H groups in total. The molecule has 1 fully saturated rings. The number of methoxy groups -OCH3 is 2. The summed E-state index contributed by atoms with van der Waals surface area (Å²) in [6.07, 6.45) is 0. The number of ether oxygens (including phenoxy) is 2. The van der Waals surface area contributed by atoms with E-state index in [2.05, 4.69) is 20.8 Å². The van der Waals surface area contributed by atoms with E-state index in [0.29, 0.717) is 22.6 Å². The van der Waals surface area contributed by atoms with Crippen molar-refractivity contribution >= 4 is 23.1 Å². The first-order chi connectivity index (χ1) is 18.5. The molecule has 7 heteroatoms. The van der Waals surface area contributed by atoms with Gasteiger partial charge in [-0.25, -0.2) is 0 Å². The van der Waals surface area contributed by atoms with Gasteiger partial charge < -0.3 is 24.4 Å². The first kappa shape index (κ1) is 27.8. The van der Waals surface area contributed by atoms with Gasteiger partial charge in [0, 0.05) is 25.3 Å². The largest absolute Gasteiger partial charge is 0.507 e. The smallest absolute Gasteiger partial charge is 0.295 e. The van der Waals surface area contributed by atoms with Crippen molar-refractivity contribution in [3.8, 4) is 11.5 Å². The molecule has 0 spiro atoms. The van der Waals surface area contributed by atoms with Crippen molar-refractivity contribution in [3.05, 3.63) is 94.6 Å². The molecule has 0 bridgehead atoms. The van der Waals surface area contributed by atoms with Crippen LogP contribution in [0.25, 0.3) is 5.76 Å².